The minimum Gasteiger partial charge on any atom is -0.387 e. The van der Waals surface area contributed by atoms with E-state index in [0.717, 1.165) is 55.5 Å². The number of hydrogen-bond acceptors (Lipinski definition) is 4. The molecular formula is C18H28FIN4OS. The Bertz CT molecular complexity index is 613. The number of rotatable bonds is 4. The summed E-state index contributed by atoms with van der Waals surface area (Å²) >= 11 is 1.79. The Morgan fingerprint density at radius 3 is 3.04 bits per heavy atom. The summed E-state index contributed by atoms with van der Waals surface area (Å²) in [6.45, 7) is 2.26. The van der Waals surface area contributed by atoms with E-state index in [1.807, 2.05) is 6.07 Å². The van der Waals surface area contributed by atoms with Crippen LogP contribution in [0.3, 0.4) is 0 Å². The van der Waals surface area contributed by atoms with Crippen molar-refractivity contribution < 1.29 is 9.50 Å². The van der Waals surface area contributed by atoms with Gasteiger partial charge in [0, 0.05) is 44.2 Å². The number of benzene rings is 1. The lowest BCUT2D eigenvalue weighted by molar-refractivity contribution is 0.0723. The molecule has 2 aliphatic rings. The van der Waals surface area contributed by atoms with Gasteiger partial charge < -0.3 is 20.6 Å². The minimum absolute atomic E-state index is 0. The maximum absolute atomic E-state index is 13.5. The minimum atomic E-state index is -0.636. The molecule has 0 aliphatic carbocycles. The van der Waals surface area contributed by atoms with Crippen molar-refractivity contribution in [1.82, 2.24) is 10.6 Å². The first-order valence-corrected chi connectivity index (χ1v) is 10.0. The molecule has 0 aromatic heterocycles. The van der Waals surface area contributed by atoms with Crippen molar-refractivity contribution in [2.45, 2.75) is 30.9 Å². The van der Waals surface area contributed by atoms with E-state index in [4.69, 9.17) is 0 Å². The van der Waals surface area contributed by atoms with Gasteiger partial charge in [-0.25, -0.2) is 4.39 Å². The van der Waals surface area contributed by atoms with Crippen molar-refractivity contribution in [2.24, 2.45) is 4.99 Å². The van der Waals surface area contributed by atoms with Gasteiger partial charge in [-0.1, -0.05) is 6.07 Å². The lowest BCUT2D eigenvalue weighted by Gasteiger charge is -2.35. The summed E-state index contributed by atoms with van der Waals surface area (Å²) in [5.74, 6) is 2.30. The van der Waals surface area contributed by atoms with Gasteiger partial charge in [0.15, 0.2) is 5.96 Å². The van der Waals surface area contributed by atoms with Crippen LogP contribution in [-0.2, 0) is 0 Å². The second kappa shape index (κ2) is 9.98. The highest BCUT2D eigenvalue weighted by molar-refractivity contribution is 14.0. The highest BCUT2D eigenvalue weighted by atomic mass is 127. The molecule has 0 bridgehead atoms. The molecule has 2 fully saturated rings. The Hall–Kier alpha value is -0.740. The molecule has 146 valence electrons. The van der Waals surface area contributed by atoms with Crippen LogP contribution >= 0.6 is 35.7 Å². The van der Waals surface area contributed by atoms with Gasteiger partial charge in [0.05, 0.1) is 5.60 Å². The summed E-state index contributed by atoms with van der Waals surface area (Å²) in [6.07, 6.45) is 2.91. The zero-order valence-corrected chi connectivity index (χ0v) is 18.2. The second-order valence-corrected chi connectivity index (χ2v) is 7.97. The fourth-order valence-corrected chi connectivity index (χ4v) is 4.67. The largest absolute Gasteiger partial charge is 0.387 e. The number of guanidine groups is 1. The van der Waals surface area contributed by atoms with E-state index in [1.54, 1.807) is 30.9 Å². The van der Waals surface area contributed by atoms with Gasteiger partial charge in [-0.2, -0.15) is 11.8 Å². The molecule has 0 radical (unpaired) electrons. The molecule has 0 saturated carbocycles. The van der Waals surface area contributed by atoms with Crippen molar-refractivity contribution in [3.63, 3.8) is 0 Å². The lowest BCUT2D eigenvalue weighted by Crippen LogP contribution is -2.53. The van der Waals surface area contributed by atoms with Crippen LogP contribution in [0.1, 0.15) is 19.3 Å². The number of aliphatic hydroxyl groups is 1. The Morgan fingerprint density at radius 2 is 2.35 bits per heavy atom. The van der Waals surface area contributed by atoms with Gasteiger partial charge in [-0.15, -0.1) is 24.0 Å². The Balaban J connectivity index is 0.00000243. The van der Waals surface area contributed by atoms with Gasteiger partial charge in [-0.3, -0.25) is 4.99 Å². The summed E-state index contributed by atoms with van der Waals surface area (Å²) in [7, 11) is 1.75. The quantitative estimate of drug-likeness (QED) is 0.341. The average molecular weight is 494 g/mol. The van der Waals surface area contributed by atoms with E-state index in [1.165, 1.54) is 6.07 Å². The number of aliphatic imine (C=N–C) groups is 1. The summed E-state index contributed by atoms with van der Waals surface area (Å²) < 4.78 is 13.5. The van der Waals surface area contributed by atoms with Gasteiger partial charge in [0.2, 0.25) is 0 Å². The smallest absolute Gasteiger partial charge is 0.191 e. The van der Waals surface area contributed by atoms with Crippen LogP contribution in [0.25, 0.3) is 0 Å². The third-order valence-corrected chi connectivity index (χ3v) is 6.06. The molecule has 0 amide bonds. The van der Waals surface area contributed by atoms with E-state index >= 15 is 0 Å². The van der Waals surface area contributed by atoms with E-state index in [-0.39, 0.29) is 35.8 Å². The normalized spacial score (nSPS) is 26.3. The standard InChI is InChI=1S/C18H27FN4OS.HI/c1-20-17(21-12-18(24)7-9-25-13-18)22-15-5-3-8-23(11-15)16-6-2-4-14(19)10-16;/h2,4,6,10,15,24H,3,5,7-9,11-13H2,1H3,(H2,20,21,22);1H. The molecule has 2 atom stereocenters. The zero-order chi connectivity index (χ0) is 17.7. The van der Waals surface area contributed by atoms with Crippen LogP contribution in [-0.4, -0.2) is 60.9 Å². The van der Waals surface area contributed by atoms with Gasteiger partial charge >= 0.3 is 0 Å². The molecule has 3 N–H and O–H groups in total. The molecule has 2 saturated heterocycles. The van der Waals surface area contributed by atoms with Gasteiger partial charge in [0.25, 0.3) is 0 Å². The summed E-state index contributed by atoms with van der Waals surface area (Å²) in [4.78, 5) is 6.49. The molecule has 1 aromatic rings. The third kappa shape index (κ3) is 5.88. The number of thioether (sulfide) groups is 1. The molecule has 26 heavy (non-hydrogen) atoms. The lowest BCUT2D eigenvalue weighted by atomic mass is 10.0. The fraction of sp³-hybridized carbons (Fsp3) is 0.611. The molecule has 0 spiro atoms. The predicted octanol–water partition coefficient (Wildman–Crippen LogP) is 2.45. The molecule has 2 aliphatic heterocycles. The summed E-state index contributed by atoms with van der Waals surface area (Å²) in [5, 5.41) is 17.2. The number of hydrogen-bond donors (Lipinski definition) is 3. The molecule has 2 unspecified atom stereocenters. The highest BCUT2D eigenvalue weighted by Crippen LogP contribution is 2.27. The van der Waals surface area contributed by atoms with E-state index < -0.39 is 5.60 Å². The maximum atomic E-state index is 13.5. The van der Waals surface area contributed by atoms with E-state index in [2.05, 4.69) is 20.5 Å². The second-order valence-electron chi connectivity index (χ2n) is 6.86. The molecule has 3 rings (SSSR count). The van der Waals surface area contributed by atoms with Crippen LogP contribution in [0.4, 0.5) is 10.1 Å². The van der Waals surface area contributed by atoms with Crippen molar-refractivity contribution in [2.75, 3.05) is 43.1 Å². The number of nitrogens with one attached hydrogen (secondary N) is 2. The third-order valence-electron chi connectivity index (χ3n) is 4.83. The number of piperidine rings is 1. The van der Waals surface area contributed by atoms with Crippen molar-refractivity contribution in [1.29, 1.82) is 0 Å². The van der Waals surface area contributed by atoms with Gasteiger partial charge in [-0.05, 0) is 43.2 Å². The Kier molecular flexibility index (Phi) is 8.28. The molecule has 1 aromatic carbocycles. The molecule has 8 heteroatoms. The van der Waals surface area contributed by atoms with Crippen molar-refractivity contribution in [3.05, 3.63) is 30.1 Å². The number of anilines is 1. The first kappa shape index (κ1) is 21.6. The van der Waals surface area contributed by atoms with E-state index in [0.29, 0.717) is 6.54 Å². The van der Waals surface area contributed by atoms with Crippen LogP contribution in [0, 0.1) is 5.82 Å². The van der Waals surface area contributed by atoms with E-state index in [9.17, 15) is 9.50 Å². The number of nitrogens with zero attached hydrogens (tertiary/aromatic N) is 2. The first-order chi connectivity index (χ1) is 12.1. The van der Waals surface area contributed by atoms with Crippen LogP contribution in [0.15, 0.2) is 29.3 Å². The van der Waals surface area contributed by atoms with Crippen molar-refractivity contribution in [3.8, 4) is 0 Å². The summed E-state index contributed by atoms with van der Waals surface area (Å²) in [5.41, 5.74) is 0.286. The Labute approximate surface area is 176 Å². The van der Waals surface area contributed by atoms with Gasteiger partial charge in [0.1, 0.15) is 5.82 Å². The highest BCUT2D eigenvalue weighted by Gasteiger charge is 2.32. The molecule has 2 heterocycles. The maximum Gasteiger partial charge on any atom is 0.191 e. The van der Waals surface area contributed by atoms with Crippen LogP contribution < -0.4 is 15.5 Å². The fourth-order valence-electron chi connectivity index (χ4n) is 3.37. The number of halogens is 2. The Morgan fingerprint density at radius 1 is 1.50 bits per heavy atom. The summed E-state index contributed by atoms with van der Waals surface area (Å²) in [6, 6.07) is 7.01. The first-order valence-electron chi connectivity index (χ1n) is 8.86. The average Bonchev–Trinajstić information content (AvgIpc) is 3.06. The van der Waals surface area contributed by atoms with Crippen molar-refractivity contribution >= 4 is 47.4 Å². The predicted molar refractivity (Wildman–Crippen MR) is 118 cm³/mol. The zero-order valence-electron chi connectivity index (χ0n) is 15.1. The van der Waals surface area contributed by atoms with Crippen LogP contribution in [0.2, 0.25) is 0 Å². The topological polar surface area (TPSA) is 59.9 Å². The molecular weight excluding hydrogens is 466 g/mol. The van der Waals surface area contributed by atoms with Crippen LogP contribution in [0.5, 0.6) is 0 Å². The SMILES string of the molecule is CN=C(NCC1(O)CCSC1)NC1CCCN(c2cccc(F)c2)C1.I. The monoisotopic (exact) mass is 494 g/mol. The molecule has 5 nitrogen and oxygen atoms in total.